The van der Waals surface area contributed by atoms with Crippen LogP contribution in [-0.2, 0) is 17.6 Å². The van der Waals surface area contributed by atoms with Crippen molar-refractivity contribution >= 4 is 11.3 Å². The molecule has 0 aromatic carbocycles. The number of nitrogens with zero attached hydrogens (tertiary/aromatic N) is 1. The lowest BCUT2D eigenvalue weighted by molar-refractivity contribution is 0.151. The van der Waals surface area contributed by atoms with Crippen molar-refractivity contribution in [3.63, 3.8) is 0 Å². The van der Waals surface area contributed by atoms with Crippen molar-refractivity contribution in [3.8, 4) is 0 Å². The van der Waals surface area contributed by atoms with E-state index in [1.54, 1.807) is 0 Å². The van der Waals surface area contributed by atoms with Crippen LogP contribution in [0.5, 0.6) is 0 Å². The summed E-state index contributed by atoms with van der Waals surface area (Å²) in [4.78, 5) is 6.42. The second kappa shape index (κ2) is 7.01. The lowest BCUT2D eigenvalue weighted by Crippen LogP contribution is -2.39. The van der Waals surface area contributed by atoms with Crippen molar-refractivity contribution in [1.29, 1.82) is 0 Å². The first-order chi connectivity index (χ1) is 9.49. The first kappa shape index (κ1) is 15.9. The lowest BCUT2D eigenvalue weighted by atomic mass is 9.90. The number of rotatable bonds is 6. The zero-order valence-corrected chi connectivity index (χ0v) is 14.1. The topological polar surface area (TPSA) is 34.1 Å². The lowest BCUT2D eigenvalue weighted by Gasteiger charge is -2.27. The van der Waals surface area contributed by atoms with Gasteiger partial charge in [-0.25, -0.2) is 4.98 Å². The molecule has 1 N–H and O–H groups in total. The molecule has 3 nitrogen and oxygen atoms in total. The van der Waals surface area contributed by atoms with Crippen LogP contribution in [-0.4, -0.2) is 30.3 Å². The number of fused-ring (bicyclic) bond motifs is 1. The highest BCUT2D eigenvalue weighted by molar-refractivity contribution is 7.11. The Morgan fingerprint density at radius 2 is 2.20 bits per heavy atom. The van der Waals surface area contributed by atoms with Crippen molar-refractivity contribution in [2.75, 3.05) is 19.8 Å². The summed E-state index contributed by atoms with van der Waals surface area (Å²) < 4.78 is 5.44. The van der Waals surface area contributed by atoms with Crippen LogP contribution < -0.4 is 5.32 Å². The Kier molecular flexibility index (Phi) is 5.58. The molecule has 1 aliphatic carbocycles. The molecule has 1 unspecified atom stereocenters. The Labute approximate surface area is 127 Å². The smallest absolute Gasteiger partial charge is 0.0954 e. The standard InChI is InChI=1S/C16H28N2OS/c1-5-19-10-9-14-18-15-12(11-17-16(2,3)4)7-6-8-13(15)20-14/h12,17H,5-11H2,1-4H3. The quantitative estimate of drug-likeness (QED) is 0.815. The van der Waals surface area contributed by atoms with Crippen molar-refractivity contribution in [3.05, 3.63) is 15.6 Å². The molecule has 0 saturated carbocycles. The average Bonchev–Trinajstić information content (AvgIpc) is 2.79. The van der Waals surface area contributed by atoms with Gasteiger partial charge in [0, 0.05) is 35.9 Å². The van der Waals surface area contributed by atoms with Gasteiger partial charge in [0.1, 0.15) is 0 Å². The number of hydrogen-bond acceptors (Lipinski definition) is 4. The molecule has 0 radical (unpaired) electrons. The summed E-state index contributed by atoms with van der Waals surface area (Å²) >= 11 is 1.90. The van der Waals surface area contributed by atoms with Gasteiger partial charge in [-0.2, -0.15) is 0 Å². The van der Waals surface area contributed by atoms with Crippen molar-refractivity contribution < 1.29 is 4.74 Å². The minimum Gasteiger partial charge on any atom is -0.381 e. The van der Waals surface area contributed by atoms with Crippen LogP contribution in [0.15, 0.2) is 0 Å². The summed E-state index contributed by atoms with van der Waals surface area (Å²) in [5.74, 6) is 0.593. The van der Waals surface area contributed by atoms with E-state index in [0.717, 1.165) is 26.2 Å². The average molecular weight is 296 g/mol. The van der Waals surface area contributed by atoms with Crippen LogP contribution in [0.4, 0.5) is 0 Å². The molecule has 1 atom stereocenters. The Balaban J connectivity index is 1.99. The third kappa shape index (κ3) is 4.54. The van der Waals surface area contributed by atoms with Crippen LogP contribution in [0.2, 0.25) is 0 Å². The number of hydrogen-bond donors (Lipinski definition) is 1. The van der Waals surface area contributed by atoms with Gasteiger partial charge in [-0.3, -0.25) is 0 Å². The Morgan fingerprint density at radius 3 is 2.90 bits per heavy atom. The minimum atomic E-state index is 0.186. The summed E-state index contributed by atoms with van der Waals surface area (Å²) in [6, 6.07) is 0. The normalized spacial score (nSPS) is 19.1. The van der Waals surface area contributed by atoms with Crippen molar-refractivity contribution in [2.24, 2.45) is 0 Å². The van der Waals surface area contributed by atoms with E-state index in [4.69, 9.17) is 9.72 Å². The molecule has 1 aliphatic rings. The monoisotopic (exact) mass is 296 g/mol. The maximum Gasteiger partial charge on any atom is 0.0954 e. The van der Waals surface area contributed by atoms with Gasteiger partial charge in [0.2, 0.25) is 0 Å². The summed E-state index contributed by atoms with van der Waals surface area (Å²) in [6.45, 7) is 11.4. The van der Waals surface area contributed by atoms with E-state index in [-0.39, 0.29) is 5.54 Å². The van der Waals surface area contributed by atoms with E-state index in [1.807, 2.05) is 18.3 Å². The predicted octanol–water partition coefficient (Wildman–Crippen LogP) is 3.53. The molecular formula is C16H28N2OS. The van der Waals surface area contributed by atoms with Gasteiger partial charge < -0.3 is 10.1 Å². The number of thiazole rings is 1. The number of aryl methyl sites for hydroxylation is 1. The van der Waals surface area contributed by atoms with E-state index in [2.05, 4.69) is 26.1 Å². The summed E-state index contributed by atoms with van der Waals surface area (Å²) in [6.07, 6.45) is 4.75. The molecule has 1 heterocycles. The highest BCUT2D eigenvalue weighted by atomic mass is 32.1. The number of nitrogens with one attached hydrogen (secondary N) is 1. The molecule has 1 aromatic heterocycles. The van der Waals surface area contributed by atoms with E-state index in [0.29, 0.717) is 5.92 Å². The van der Waals surface area contributed by atoms with Crippen LogP contribution in [0.25, 0.3) is 0 Å². The summed E-state index contributed by atoms with van der Waals surface area (Å²) in [5, 5.41) is 4.89. The fourth-order valence-electron chi connectivity index (χ4n) is 2.60. The maximum absolute atomic E-state index is 5.44. The predicted molar refractivity (Wildman–Crippen MR) is 85.7 cm³/mol. The van der Waals surface area contributed by atoms with Crippen molar-refractivity contribution in [1.82, 2.24) is 10.3 Å². The number of ether oxygens (including phenoxy) is 1. The molecule has 4 heteroatoms. The number of aromatic nitrogens is 1. The van der Waals surface area contributed by atoms with E-state index in [9.17, 15) is 0 Å². The van der Waals surface area contributed by atoms with E-state index < -0.39 is 0 Å². The van der Waals surface area contributed by atoms with Crippen molar-refractivity contribution in [2.45, 2.75) is 64.8 Å². The largest absolute Gasteiger partial charge is 0.381 e. The maximum atomic E-state index is 5.44. The van der Waals surface area contributed by atoms with Gasteiger partial charge in [-0.1, -0.05) is 0 Å². The zero-order valence-electron chi connectivity index (χ0n) is 13.3. The SMILES string of the molecule is CCOCCc1nc2c(s1)CCCC2CNC(C)(C)C. The molecular weight excluding hydrogens is 268 g/mol. The van der Waals surface area contributed by atoms with Gasteiger partial charge in [-0.15, -0.1) is 11.3 Å². The molecule has 0 amide bonds. The van der Waals surface area contributed by atoms with Crippen LogP contribution >= 0.6 is 11.3 Å². The van der Waals surface area contributed by atoms with Crippen LogP contribution in [0.3, 0.4) is 0 Å². The fourth-order valence-corrected chi connectivity index (χ4v) is 3.77. The fraction of sp³-hybridized carbons (Fsp3) is 0.812. The highest BCUT2D eigenvalue weighted by Crippen LogP contribution is 2.34. The van der Waals surface area contributed by atoms with Gasteiger partial charge in [0.15, 0.2) is 0 Å². The summed E-state index contributed by atoms with van der Waals surface area (Å²) in [7, 11) is 0. The zero-order chi connectivity index (χ0) is 14.6. The molecule has 1 aromatic rings. The Morgan fingerprint density at radius 1 is 1.40 bits per heavy atom. The Hall–Kier alpha value is -0.450. The van der Waals surface area contributed by atoms with Gasteiger partial charge in [0.05, 0.1) is 17.3 Å². The molecule has 0 spiro atoms. The Bertz CT molecular complexity index is 423. The van der Waals surface area contributed by atoms with Gasteiger partial charge in [-0.05, 0) is 47.0 Å². The second-order valence-corrected chi connectivity index (χ2v) is 7.75. The summed E-state index contributed by atoms with van der Waals surface area (Å²) in [5.41, 5.74) is 1.55. The second-order valence-electron chi connectivity index (χ2n) is 6.58. The highest BCUT2D eigenvalue weighted by Gasteiger charge is 2.25. The molecule has 0 aliphatic heterocycles. The first-order valence-corrected chi connectivity index (χ1v) is 8.62. The molecule has 0 bridgehead atoms. The van der Waals surface area contributed by atoms with Gasteiger partial charge >= 0.3 is 0 Å². The first-order valence-electron chi connectivity index (χ1n) is 7.81. The molecule has 0 fully saturated rings. The van der Waals surface area contributed by atoms with Crippen LogP contribution in [0, 0.1) is 0 Å². The molecule has 2 rings (SSSR count). The third-order valence-electron chi connectivity index (χ3n) is 3.66. The van der Waals surface area contributed by atoms with Crippen LogP contribution in [0.1, 0.15) is 62.0 Å². The third-order valence-corrected chi connectivity index (χ3v) is 4.85. The molecule has 0 saturated heterocycles. The minimum absolute atomic E-state index is 0.186. The molecule has 20 heavy (non-hydrogen) atoms. The van der Waals surface area contributed by atoms with E-state index in [1.165, 1.54) is 34.8 Å². The van der Waals surface area contributed by atoms with E-state index >= 15 is 0 Å². The van der Waals surface area contributed by atoms with Gasteiger partial charge in [0.25, 0.3) is 0 Å². The molecule has 114 valence electrons.